The van der Waals surface area contributed by atoms with Crippen molar-refractivity contribution in [2.24, 2.45) is 0 Å². The average Bonchev–Trinajstić information content (AvgIpc) is 2.09. The Balaban J connectivity index is 2.49. The minimum absolute atomic E-state index is 0.478. The number of benzene rings is 1. The molecule has 72 valence electrons. The number of halogens is 1. The standard InChI is InChI=1S/C11H15ClS/c1-2-3-11(13)8-9-4-6-10(12)7-5-9/h4-7,11,13H,2-3,8H2,1H3. The third-order valence-electron chi connectivity index (χ3n) is 2.01. The Bertz CT molecular complexity index is 243. The largest absolute Gasteiger partial charge is 0.176 e. The number of hydrogen-bond acceptors (Lipinski definition) is 1. The van der Waals surface area contributed by atoms with Crippen LogP contribution in [-0.2, 0) is 6.42 Å². The molecule has 0 saturated heterocycles. The number of thiol groups is 1. The monoisotopic (exact) mass is 214 g/mol. The van der Waals surface area contributed by atoms with E-state index in [9.17, 15) is 0 Å². The molecular formula is C11H15ClS. The van der Waals surface area contributed by atoms with Crippen molar-refractivity contribution in [2.75, 3.05) is 0 Å². The van der Waals surface area contributed by atoms with Gasteiger partial charge in [-0.25, -0.2) is 0 Å². The Labute approximate surface area is 90.7 Å². The van der Waals surface area contributed by atoms with Crippen LogP contribution < -0.4 is 0 Å². The molecule has 0 spiro atoms. The van der Waals surface area contributed by atoms with Gasteiger partial charge in [0.1, 0.15) is 0 Å². The lowest BCUT2D eigenvalue weighted by atomic mass is 10.1. The van der Waals surface area contributed by atoms with E-state index < -0.39 is 0 Å². The van der Waals surface area contributed by atoms with Gasteiger partial charge in [-0.05, 0) is 30.5 Å². The second kappa shape index (κ2) is 5.56. The van der Waals surface area contributed by atoms with Crippen LogP contribution in [0, 0.1) is 0 Å². The Morgan fingerprint density at radius 1 is 1.31 bits per heavy atom. The van der Waals surface area contributed by atoms with Crippen LogP contribution >= 0.6 is 24.2 Å². The fourth-order valence-corrected chi connectivity index (χ4v) is 1.92. The summed E-state index contributed by atoms with van der Waals surface area (Å²) in [6.07, 6.45) is 3.40. The molecule has 0 fully saturated rings. The SMILES string of the molecule is CCCC(S)Cc1ccc(Cl)cc1. The van der Waals surface area contributed by atoms with E-state index in [-0.39, 0.29) is 0 Å². The zero-order chi connectivity index (χ0) is 9.68. The second-order valence-corrected chi connectivity index (χ2v) is 4.44. The van der Waals surface area contributed by atoms with Crippen molar-refractivity contribution in [3.05, 3.63) is 34.9 Å². The highest BCUT2D eigenvalue weighted by Gasteiger charge is 2.02. The quantitative estimate of drug-likeness (QED) is 0.721. The molecule has 0 bridgehead atoms. The first-order chi connectivity index (χ1) is 6.22. The van der Waals surface area contributed by atoms with Crippen molar-refractivity contribution in [1.82, 2.24) is 0 Å². The van der Waals surface area contributed by atoms with Crippen LogP contribution in [0.4, 0.5) is 0 Å². The summed E-state index contributed by atoms with van der Waals surface area (Å²) in [4.78, 5) is 0. The summed E-state index contributed by atoms with van der Waals surface area (Å²) >= 11 is 10.3. The molecule has 0 amide bonds. The summed E-state index contributed by atoms with van der Waals surface area (Å²) in [5.41, 5.74) is 1.32. The van der Waals surface area contributed by atoms with Gasteiger partial charge in [-0.2, -0.15) is 12.6 Å². The van der Waals surface area contributed by atoms with E-state index in [1.54, 1.807) is 0 Å². The van der Waals surface area contributed by atoms with Crippen molar-refractivity contribution in [3.63, 3.8) is 0 Å². The van der Waals surface area contributed by atoms with Gasteiger partial charge >= 0.3 is 0 Å². The van der Waals surface area contributed by atoms with Crippen LogP contribution in [0.1, 0.15) is 25.3 Å². The smallest absolute Gasteiger partial charge is 0.0406 e. The van der Waals surface area contributed by atoms with Gasteiger partial charge in [-0.15, -0.1) is 0 Å². The Hall–Kier alpha value is -0.140. The first kappa shape index (κ1) is 10.9. The van der Waals surface area contributed by atoms with E-state index in [2.05, 4.69) is 31.7 Å². The molecular weight excluding hydrogens is 200 g/mol. The molecule has 1 unspecified atom stereocenters. The molecule has 0 saturated carbocycles. The molecule has 0 aliphatic carbocycles. The van der Waals surface area contributed by atoms with E-state index in [0.717, 1.165) is 11.4 Å². The number of hydrogen-bond donors (Lipinski definition) is 1. The molecule has 0 heterocycles. The first-order valence-electron chi connectivity index (χ1n) is 4.65. The van der Waals surface area contributed by atoms with Crippen molar-refractivity contribution >= 4 is 24.2 Å². The summed E-state index contributed by atoms with van der Waals surface area (Å²) in [6, 6.07) is 8.01. The van der Waals surface area contributed by atoms with E-state index in [4.69, 9.17) is 11.6 Å². The van der Waals surface area contributed by atoms with Gasteiger partial charge < -0.3 is 0 Å². The summed E-state index contributed by atoms with van der Waals surface area (Å²) in [7, 11) is 0. The van der Waals surface area contributed by atoms with Crippen LogP contribution in [0.5, 0.6) is 0 Å². The maximum atomic E-state index is 5.79. The van der Waals surface area contributed by atoms with E-state index in [0.29, 0.717) is 5.25 Å². The highest BCUT2D eigenvalue weighted by Crippen LogP contribution is 2.15. The molecule has 2 heteroatoms. The lowest BCUT2D eigenvalue weighted by Gasteiger charge is -2.08. The van der Waals surface area contributed by atoms with Gasteiger partial charge in [0.05, 0.1) is 0 Å². The van der Waals surface area contributed by atoms with Crippen molar-refractivity contribution in [3.8, 4) is 0 Å². The predicted molar refractivity (Wildman–Crippen MR) is 62.8 cm³/mol. The highest BCUT2D eigenvalue weighted by atomic mass is 35.5. The molecule has 0 aromatic heterocycles. The van der Waals surface area contributed by atoms with Crippen LogP contribution in [0.3, 0.4) is 0 Å². The maximum Gasteiger partial charge on any atom is 0.0406 e. The van der Waals surface area contributed by atoms with Crippen molar-refractivity contribution in [1.29, 1.82) is 0 Å². The average molecular weight is 215 g/mol. The van der Waals surface area contributed by atoms with Gasteiger partial charge in [0.15, 0.2) is 0 Å². The van der Waals surface area contributed by atoms with Crippen LogP contribution in [0.25, 0.3) is 0 Å². The lowest BCUT2D eigenvalue weighted by molar-refractivity contribution is 0.739. The van der Waals surface area contributed by atoms with Crippen molar-refractivity contribution < 1.29 is 0 Å². The molecule has 0 aliphatic heterocycles. The van der Waals surface area contributed by atoms with Crippen LogP contribution in [0.15, 0.2) is 24.3 Å². The molecule has 0 nitrogen and oxygen atoms in total. The van der Waals surface area contributed by atoms with Crippen LogP contribution in [0.2, 0.25) is 5.02 Å². The van der Waals surface area contributed by atoms with Gasteiger partial charge in [0.2, 0.25) is 0 Å². The lowest BCUT2D eigenvalue weighted by Crippen LogP contribution is -2.02. The van der Waals surface area contributed by atoms with Gasteiger partial charge in [-0.1, -0.05) is 37.1 Å². The highest BCUT2D eigenvalue weighted by molar-refractivity contribution is 7.80. The van der Waals surface area contributed by atoms with E-state index in [1.165, 1.54) is 18.4 Å². The van der Waals surface area contributed by atoms with E-state index >= 15 is 0 Å². The van der Waals surface area contributed by atoms with Gasteiger partial charge in [0, 0.05) is 10.3 Å². The first-order valence-corrected chi connectivity index (χ1v) is 5.54. The summed E-state index contributed by atoms with van der Waals surface area (Å²) in [5, 5.41) is 1.28. The Kier molecular flexibility index (Phi) is 4.68. The fraction of sp³-hybridized carbons (Fsp3) is 0.455. The fourth-order valence-electron chi connectivity index (χ4n) is 1.33. The van der Waals surface area contributed by atoms with E-state index in [1.807, 2.05) is 12.1 Å². The second-order valence-electron chi connectivity index (χ2n) is 3.27. The molecule has 13 heavy (non-hydrogen) atoms. The van der Waals surface area contributed by atoms with Gasteiger partial charge in [-0.3, -0.25) is 0 Å². The van der Waals surface area contributed by atoms with Crippen LogP contribution in [-0.4, -0.2) is 5.25 Å². The Morgan fingerprint density at radius 3 is 2.46 bits per heavy atom. The maximum absolute atomic E-state index is 5.79. The third-order valence-corrected chi connectivity index (χ3v) is 2.70. The van der Waals surface area contributed by atoms with Gasteiger partial charge in [0.25, 0.3) is 0 Å². The normalized spacial score (nSPS) is 12.8. The molecule has 1 atom stereocenters. The van der Waals surface area contributed by atoms with Crippen molar-refractivity contribution in [2.45, 2.75) is 31.4 Å². The zero-order valence-corrected chi connectivity index (χ0v) is 9.48. The molecule has 1 rings (SSSR count). The third kappa shape index (κ3) is 4.06. The number of rotatable bonds is 4. The molecule has 1 aromatic carbocycles. The summed E-state index contributed by atoms with van der Waals surface area (Å²) in [5.74, 6) is 0. The predicted octanol–water partition coefficient (Wildman–Crippen LogP) is 3.98. The minimum Gasteiger partial charge on any atom is -0.176 e. The zero-order valence-electron chi connectivity index (χ0n) is 7.83. The molecule has 0 aliphatic rings. The Morgan fingerprint density at radius 2 is 1.92 bits per heavy atom. The molecule has 0 N–H and O–H groups in total. The minimum atomic E-state index is 0.478. The molecule has 0 radical (unpaired) electrons. The molecule has 1 aromatic rings. The summed E-state index contributed by atoms with van der Waals surface area (Å²) in [6.45, 7) is 2.19. The topological polar surface area (TPSA) is 0 Å². The summed E-state index contributed by atoms with van der Waals surface area (Å²) < 4.78 is 0.